The van der Waals surface area contributed by atoms with Gasteiger partial charge in [-0.25, -0.2) is 0 Å². The van der Waals surface area contributed by atoms with Gasteiger partial charge in [-0.05, 0) is 57.4 Å². The number of ether oxygens (including phenoxy) is 1. The third kappa shape index (κ3) is 4.45. The predicted molar refractivity (Wildman–Crippen MR) is 89.0 cm³/mol. The van der Waals surface area contributed by atoms with Gasteiger partial charge in [-0.15, -0.1) is 0 Å². The molecule has 1 fully saturated rings. The van der Waals surface area contributed by atoms with Crippen LogP contribution in [0.5, 0.6) is 5.75 Å². The van der Waals surface area contributed by atoms with Crippen LogP contribution < -0.4 is 10.1 Å². The molecular formula is C18H30N2O. The van der Waals surface area contributed by atoms with E-state index in [0.717, 1.165) is 31.8 Å². The lowest BCUT2D eigenvalue weighted by atomic mass is 9.98. The molecule has 3 heteroatoms. The van der Waals surface area contributed by atoms with E-state index in [4.69, 9.17) is 4.74 Å². The Hall–Kier alpha value is -1.06. The second-order valence-electron chi connectivity index (χ2n) is 6.55. The molecule has 3 nitrogen and oxygen atoms in total. The minimum Gasteiger partial charge on any atom is -0.497 e. The lowest BCUT2D eigenvalue weighted by molar-refractivity contribution is 0.173. The van der Waals surface area contributed by atoms with E-state index in [1.54, 1.807) is 7.11 Å². The molecule has 1 aliphatic heterocycles. The molecule has 2 atom stereocenters. The number of benzene rings is 1. The Morgan fingerprint density at radius 3 is 2.67 bits per heavy atom. The molecule has 0 spiro atoms. The first-order valence-electron chi connectivity index (χ1n) is 8.18. The number of hydrogen-bond acceptors (Lipinski definition) is 3. The number of hydrogen-bond donors (Lipinski definition) is 1. The van der Waals surface area contributed by atoms with Crippen molar-refractivity contribution in [2.75, 3.05) is 26.7 Å². The Morgan fingerprint density at radius 1 is 1.33 bits per heavy atom. The van der Waals surface area contributed by atoms with E-state index in [1.165, 1.54) is 18.4 Å². The maximum Gasteiger partial charge on any atom is 0.118 e. The Kier molecular flexibility index (Phi) is 5.65. The highest BCUT2D eigenvalue weighted by molar-refractivity contribution is 5.27. The standard InChI is InChI=1S/C18H30N2O/c1-5-18(3)14-20(15(2)10-12-19-18)13-11-16-6-8-17(21-4)9-7-16/h6-9,15,19H,5,10-14H2,1-4H3. The first-order valence-corrected chi connectivity index (χ1v) is 8.18. The zero-order valence-electron chi connectivity index (χ0n) is 14.0. The summed E-state index contributed by atoms with van der Waals surface area (Å²) in [6.45, 7) is 10.4. The minimum atomic E-state index is 0.255. The van der Waals surface area contributed by atoms with Gasteiger partial charge in [0.25, 0.3) is 0 Å². The first-order chi connectivity index (χ1) is 10.1. The first kappa shape index (κ1) is 16.3. The molecule has 0 aromatic heterocycles. The largest absolute Gasteiger partial charge is 0.497 e. The van der Waals surface area contributed by atoms with Crippen LogP contribution in [0.2, 0.25) is 0 Å². The van der Waals surface area contributed by atoms with Crippen molar-refractivity contribution in [3.05, 3.63) is 29.8 Å². The van der Waals surface area contributed by atoms with Gasteiger partial charge in [0, 0.05) is 24.7 Å². The van der Waals surface area contributed by atoms with Crippen molar-refractivity contribution in [2.45, 2.75) is 51.6 Å². The molecule has 0 radical (unpaired) electrons. The quantitative estimate of drug-likeness (QED) is 0.902. The molecule has 21 heavy (non-hydrogen) atoms. The molecule has 0 aliphatic carbocycles. The Bertz CT molecular complexity index is 431. The van der Waals surface area contributed by atoms with Crippen LogP contribution in [-0.4, -0.2) is 43.2 Å². The summed E-state index contributed by atoms with van der Waals surface area (Å²) in [5.41, 5.74) is 1.64. The van der Waals surface area contributed by atoms with Gasteiger partial charge in [0.2, 0.25) is 0 Å². The summed E-state index contributed by atoms with van der Waals surface area (Å²) in [4.78, 5) is 2.65. The van der Waals surface area contributed by atoms with E-state index in [2.05, 4.69) is 55.3 Å². The summed E-state index contributed by atoms with van der Waals surface area (Å²) >= 11 is 0. The van der Waals surface area contributed by atoms with Crippen LogP contribution in [0.25, 0.3) is 0 Å². The van der Waals surface area contributed by atoms with Crippen molar-refractivity contribution in [1.82, 2.24) is 10.2 Å². The summed E-state index contributed by atoms with van der Waals surface area (Å²) in [5, 5.41) is 3.72. The minimum absolute atomic E-state index is 0.255. The van der Waals surface area contributed by atoms with Gasteiger partial charge in [0.15, 0.2) is 0 Å². The van der Waals surface area contributed by atoms with Gasteiger partial charge in [0.1, 0.15) is 5.75 Å². The van der Waals surface area contributed by atoms with Crippen molar-refractivity contribution in [1.29, 1.82) is 0 Å². The van der Waals surface area contributed by atoms with Crippen LogP contribution in [0, 0.1) is 0 Å². The van der Waals surface area contributed by atoms with E-state index in [9.17, 15) is 0 Å². The van der Waals surface area contributed by atoms with Gasteiger partial charge < -0.3 is 10.1 Å². The molecule has 1 saturated heterocycles. The van der Waals surface area contributed by atoms with Gasteiger partial charge in [-0.3, -0.25) is 4.90 Å². The van der Waals surface area contributed by atoms with Crippen LogP contribution >= 0.6 is 0 Å². The topological polar surface area (TPSA) is 24.5 Å². The molecule has 0 bridgehead atoms. The van der Waals surface area contributed by atoms with Gasteiger partial charge in [-0.1, -0.05) is 19.1 Å². The SMILES string of the molecule is CCC1(C)CN(CCc2ccc(OC)cc2)C(C)CCN1. The van der Waals surface area contributed by atoms with Gasteiger partial charge in [-0.2, -0.15) is 0 Å². The molecule has 0 amide bonds. The van der Waals surface area contributed by atoms with Gasteiger partial charge >= 0.3 is 0 Å². The molecule has 0 saturated carbocycles. The monoisotopic (exact) mass is 290 g/mol. The second-order valence-corrected chi connectivity index (χ2v) is 6.55. The summed E-state index contributed by atoms with van der Waals surface area (Å²) in [5.74, 6) is 0.935. The van der Waals surface area contributed by atoms with E-state index in [0.29, 0.717) is 6.04 Å². The fraction of sp³-hybridized carbons (Fsp3) is 0.667. The van der Waals surface area contributed by atoms with E-state index in [1.807, 2.05) is 0 Å². The molecule has 1 N–H and O–H groups in total. The molecule has 1 aromatic rings. The summed E-state index contributed by atoms with van der Waals surface area (Å²) in [6, 6.07) is 9.12. The molecule has 2 rings (SSSR count). The highest BCUT2D eigenvalue weighted by Crippen LogP contribution is 2.20. The van der Waals surface area contributed by atoms with E-state index in [-0.39, 0.29) is 5.54 Å². The third-order valence-corrected chi connectivity index (χ3v) is 4.92. The zero-order valence-corrected chi connectivity index (χ0v) is 14.0. The van der Waals surface area contributed by atoms with Crippen molar-refractivity contribution in [3.8, 4) is 5.75 Å². The fourth-order valence-electron chi connectivity index (χ4n) is 3.03. The Labute approximate surface area is 129 Å². The average molecular weight is 290 g/mol. The normalized spacial score (nSPS) is 27.3. The smallest absolute Gasteiger partial charge is 0.118 e. The van der Waals surface area contributed by atoms with Gasteiger partial charge in [0.05, 0.1) is 7.11 Å². The van der Waals surface area contributed by atoms with Crippen molar-refractivity contribution < 1.29 is 4.74 Å². The average Bonchev–Trinajstić information content (AvgIpc) is 2.65. The molecule has 2 unspecified atom stereocenters. The lowest BCUT2D eigenvalue weighted by Gasteiger charge is -2.35. The number of nitrogens with one attached hydrogen (secondary N) is 1. The second kappa shape index (κ2) is 7.28. The fourth-order valence-corrected chi connectivity index (χ4v) is 3.03. The maximum atomic E-state index is 5.22. The molecule has 1 aromatic carbocycles. The number of methoxy groups -OCH3 is 1. The zero-order chi connectivity index (χ0) is 15.3. The van der Waals surface area contributed by atoms with E-state index < -0.39 is 0 Å². The van der Waals surface area contributed by atoms with Crippen molar-refractivity contribution in [2.24, 2.45) is 0 Å². The summed E-state index contributed by atoms with van der Waals surface area (Å²) in [7, 11) is 1.71. The highest BCUT2D eigenvalue weighted by Gasteiger charge is 2.29. The number of nitrogens with zero attached hydrogens (tertiary/aromatic N) is 1. The van der Waals surface area contributed by atoms with Crippen LogP contribution in [0.3, 0.4) is 0 Å². The van der Waals surface area contributed by atoms with Crippen LogP contribution in [0.4, 0.5) is 0 Å². The predicted octanol–water partition coefficient (Wildman–Crippen LogP) is 3.09. The van der Waals surface area contributed by atoms with Crippen LogP contribution in [0.1, 0.15) is 39.2 Å². The maximum absolute atomic E-state index is 5.22. The summed E-state index contributed by atoms with van der Waals surface area (Å²) in [6.07, 6.45) is 3.52. The molecule has 118 valence electrons. The molecular weight excluding hydrogens is 260 g/mol. The third-order valence-electron chi connectivity index (χ3n) is 4.92. The molecule has 1 aliphatic rings. The van der Waals surface area contributed by atoms with Crippen molar-refractivity contribution >= 4 is 0 Å². The number of rotatable bonds is 5. The summed E-state index contributed by atoms with van der Waals surface area (Å²) < 4.78 is 5.22. The highest BCUT2D eigenvalue weighted by atomic mass is 16.5. The van der Waals surface area contributed by atoms with Crippen LogP contribution in [0.15, 0.2) is 24.3 Å². The molecule has 1 heterocycles. The van der Waals surface area contributed by atoms with Crippen LogP contribution in [-0.2, 0) is 6.42 Å². The lowest BCUT2D eigenvalue weighted by Crippen LogP contribution is -2.49. The Balaban J connectivity index is 1.95. The Morgan fingerprint density at radius 2 is 2.05 bits per heavy atom. The van der Waals surface area contributed by atoms with Crippen molar-refractivity contribution in [3.63, 3.8) is 0 Å². The van der Waals surface area contributed by atoms with E-state index >= 15 is 0 Å².